The number of ether oxygens (including phenoxy) is 1. The average molecular weight is 193 g/mol. The van der Waals surface area contributed by atoms with E-state index in [2.05, 4.69) is 11.6 Å². The molecule has 0 saturated heterocycles. The molecule has 0 saturated carbocycles. The number of hydrogen-bond acceptors (Lipinski definition) is 3. The minimum Gasteiger partial charge on any atom is -0.487 e. The van der Waals surface area contributed by atoms with E-state index < -0.39 is 5.97 Å². The summed E-state index contributed by atoms with van der Waals surface area (Å²) in [5.74, 6) is -0.735. The minimum absolute atomic E-state index is 0.154. The molecule has 4 heteroatoms. The van der Waals surface area contributed by atoms with E-state index in [1.165, 1.54) is 12.4 Å². The molecular weight excluding hydrogens is 182 g/mol. The van der Waals surface area contributed by atoms with E-state index in [1.807, 2.05) is 0 Å². The quantitative estimate of drug-likeness (QED) is 0.738. The van der Waals surface area contributed by atoms with Gasteiger partial charge in [0.15, 0.2) is 5.75 Å². The fourth-order valence-corrected chi connectivity index (χ4v) is 1.07. The molecule has 74 valence electrons. The first-order valence-corrected chi connectivity index (χ1v) is 4.08. The van der Waals surface area contributed by atoms with Crippen LogP contribution in [0.2, 0.25) is 0 Å². The zero-order valence-corrected chi connectivity index (χ0v) is 7.86. The molecule has 0 fully saturated rings. The number of carboxylic acid groups (broad SMARTS) is 1. The lowest BCUT2D eigenvalue weighted by molar-refractivity contribution is 0.0691. The fraction of sp³-hybridized carbons (Fsp3) is 0.200. The van der Waals surface area contributed by atoms with Crippen molar-refractivity contribution in [3.05, 3.63) is 36.2 Å². The molecule has 1 N–H and O–H groups in total. The van der Waals surface area contributed by atoms with Crippen LogP contribution in [0.5, 0.6) is 5.75 Å². The van der Waals surface area contributed by atoms with Crippen LogP contribution in [-0.4, -0.2) is 22.7 Å². The molecular formula is C10H11NO3. The molecule has 4 nitrogen and oxygen atoms in total. The van der Waals surface area contributed by atoms with Gasteiger partial charge in [-0.15, -0.1) is 0 Å². The lowest BCUT2D eigenvalue weighted by Crippen LogP contribution is -2.06. The average Bonchev–Trinajstić information content (AvgIpc) is 2.14. The van der Waals surface area contributed by atoms with Gasteiger partial charge in [-0.1, -0.05) is 12.7 Å². The smallest absolute Gasteiger partial charge is 0.339 e. The Labute approximate surface area is 81.9 Å². The highest BCUT2D eigenvalue weighted by Crippen LogP contribution is 2.20. The second-order valence-electron chi connectivity index (χ2n) is 2.73. The third-order valence-corrected chi connectivity index (χ3v) is 1.67. The number of aromatic nitrogens is 1. The van der Waals surface area contributed by atoms with Gasteiger partial charge in [-0.2, -0.15) is 0 Å². The van der Waals surface area contributed by atoms with Crippen molar-refractivity contribution in [2.75, 3.05) is 6.61 Å². The molecule has 1 heterocycles. The fourth-order valence-electron chi connectivity index (χ4n) is 1.07. The zero-order valence-electron chi connectivity index (χ0n) is 7.86. The summed E-state index contributed by atoms with van der Waals surface area (Å²) in [5.41, 5.74) is 0.737. The number of hydrogen-bond donors (Lipinski definition) is 1. The summed E-state index contributed by atoms with van der Waals surface area (Å²) in [5, 5.41) is 8.91. The van der Waals surface area contributed by atoms with E-state index in [0.29, 0.717) is 5.56 Å². The van der Waals surface area contributed by atoms with Crippen molar-refractivity contribution in [1.82, 2.24) is 4.98 Å². The number of carbonyl (C=O) groups is 1. The van der Waals surface area contributed by atoms with Gasteiger partial charge in [0, 0.05) is 6.20 Å². The summed E-state index contributed by atoms with van der Waals surface area (Å²) in [6, 6.07) is 0. The van der Waals surface area contributed by atoms with Crippen LogP contribution < -0.4 is 4.74 Å². The molecule has 0 atom stereocenters. The van der Waals surface area contributed by atoms with E-state index in [0.717, 1.165) is 0 Å². The van der Waals surface area contributed by atoms with Crippen molar-refractivity contribution in [2.45, 2.75) is 6.92 Å². The standard InChI is InChI=1S/C10H11NO3/c1-3-4-14-8-6-11-5-7(2)9(8)10(12)13/h3,5-6H,1,4H2,2H3,(H,12,13). The van der Waals surface area contributed by atoms with E-state index in [1.54, 1.807) is 13.0 Å². The van der Waals surface area contributed by atoms with Gasteiger partial charge in [-0.05, 0) is 12.5 Å². The Balaban J connectivity index is 3.07. The van der Waals surface area contributed by atoms with Crippen LogP contribution in [0.1, 0.15) is 15.9 Å². The third-order valence-electron chi connectivity index (χ3n) is 1.67. The van der Waals surface area contributed by atoms with Gasteiger partial charge in [0.05, 0.1) is 6.20 Å². The van der Waals surface area contributed by atoms with Gasteiger partial charge in [-0.3, -0.25) is 4.98 Å². The lowest BCUT2D eigenvalue weighted by atomic mass is 10.1. The SMILES string of the molecule is C=CCOc1cncc(C)c1C(=O)O. The molecule has 1 aromatic rings. The molecule has 1 aromatic heterocycles. The minimum atomic E-state index is -1.01. The maximum atomic E-state index is 10.9. The van der Waals surface area contributed by atoms with Crippen molar-refractivity contribution in [3.8, 4) is 5.75 Å². The second-order valence-corrected chi connectivity index (χ2v) is 2.73. The highest BCUT2D eigenvalue weighted by atomic mass is 16.5. The molecule has 0 amide bonds. The predicted molar refractivity (Wildman–Crippen MR) is 51.6 cm³/mol. The first-order valence-electron chi connectivity index (χ1n) is 4.08. The van der Waals surface area contributed by atoms with Gasteiger partial charge in [0.25, 0.3) is 0 Å². The molecule has 0 unspecified atom stereocenters. The van der Waals surface area contributed by atoms with Gasteiger partial charge in [0.1, 0.15) is 12.2 Å². The zero-order chi connectivity index (χ0) is 10.6. The molecule has 0 bridgehead atoms. The second kappa shape index (κ2) is 4.41. The van der Waals surface area contributed by atoms with Gasteiger partial charge in [0.2, 0.25) is 0 Å². The van der Waals surface area contributed by atoms with Crippen LogP contribution in [0.4, 0.5) is 0 Å². The maximum Gasteiger partial charge on any atom is 0.339 e. The van der Waals surface area contributed by atoms with Crippen molar-refractivity contribution in [2.24, 2.45) is 0 Å². The Kier molecular flexibility index (Phi) is 3.23. The van der Waals surface area contributed by atoms with Crippen molar-refractivity contribution >= 4 is 5.97 Å². The molecule has 0 aliphatic carbocycles. The van der Waals surface area contributed by atoms with E-state index in [-0.39, 0.29) is 17.9 Å². The van der Waals surface area contributed by atoms with Crippen molar-refractivity contribution < 1.29 is 14.6 Å². The van der Waals surface area contributed by atoms with Crippen LogP contribution in [0.25, 0.3) is 0 Å². The Morgan fingerprint density at radius 3 is 3.00 bits per heavy atom. The number of aromatic carboxylic acids is 1. The largest absolute Gasteiger partial charge is 0.487 e. The summed E-state index contributed by atoms with van der Waals surface area (Å²) in [4.78, 5) is 14.7. The lowest BCUT2D eigenvalue weighted by Gasteiger charge is -2.07. The highest BCUT2D eigenvalue weighted by Gasteiger charge is 2.14. The predicted octanol–water partition coefficient (Wildman–Crippen LogP) is 1.65. The molecule has 0 spiro atoms. The molecule has 0 aliphatic heterocycles. The van der Waals surface area contributed by atoms with E-state index in [9.17, 15) is 4.79 Å². The maximum absolute atomic E-state index is 10.9. The topological polar surface area (TPSA) is 59.4 Å². The van der Waals surface area contributed by atoms with Gasteiger partial charge < -0.3 is 9.84 Å². The summed E-state index contributed by atoms with van der Waals surface area (Å²) in [6.07, 6.45) is 4.43. The number of rotatable bonds is 4. The van der Waals surface area contributed by atoms with Crippen LogP contribution in [0.3, 0.4) is 0 Å². The summed E-state index contributed by atoms with van der Waals surface area (Å²) in [6.45, 7) is 5.43. The van der Waals surface area contributed by atoms with Gasteiger partial charge >= 0.3 is 5.97 Å². The van der Waals surface area contributed by atoms with Crippen LogP contribution >= 0.6 is 0 Å². The Hall–Kier alpha value is -1.84. The van der Waals surface area contributed by atoms with Crippen LogP contribution in [0, 0.1) is 6.92 Å². The van der Waals surface area contributed by atoms with E-state index >= 15 is 0 Å². The number of carboxylic acids is 1. The Morgan fingerprint density at radius 1 is 1.71 bits per heavy atom. The highest BCUT2D eigenvalue weighted by molar-refractivity contribution is 5.92. The molecule has 0 aromatic carbocycles. The Bertz CT molecular complexity index is 360. The third kappa shape index (κ3) is 2.10. The summed E-state index contributed by atoms with van der Waals surface area (Å²) in [7, 11) is 0. The van der Waals surface area contributed by atoms with Crippen LogP contribution in [0.15, 0.2) is 25.0 Å². The van der Waals surface area contributed by atoms with Crippen LogP contribution in [-0.2, 0) is 0 Å². The molecule has 1 rings (SSSR count). The Morgan fingerprint density at radius 2 is 2.43 bits per heavy atom. The van der Waals surface area contributed by atoms with Gasteiger partial charge in [-0.25, -0.2) is 4.79 Å². The first-order chi connectivity index (χ1) is 6.66. The number of pyridine rings is 1. The monoisotopic (exact) mass is 193 g/mol. The molecule has 0 aliphatic rings. The molecule has 0 radical (unpaired) electrons. The summed E-state index contributed by atoms with van der Waals surface area (Å²) < 4.78 is 5.17. The number of nitrogens with zero attached hydrogens (tertiary/aromatic N) is 1. The van der Waals surface area contributed by atoms with E-state index in [4.69, 9.17) is 9.84 Å². The normalized spacial score (nSPS) is 9.50. The van der Waals surface area contributed by atoms with Crippen molar-refractivity contribution in [3.63, 3.8) is 0 Å². The van der Waals surface area contributed by atoms with Crippen molar-refractivity contribution in [1.29, 1.82) is 0 Å². The molecule has 14 heavy (non-hydrogen) atoms. The summed E-state index contributed by atoms with van der Waals surface area (Å²) >= 11 is 0. The first kappa shape index (κ1) is 10.2. The number of aryl methyl sites for hydroxylation is 1.